The summed E-state index contributed by atoms with van der Waals surface area (Å²) >= 11 is 5.85. The van der Waals surface area contributed by atoms with E-state index in [0.29, 0.717) is 18.0 Å². The summed E-state index contributed by atoms with van der Waals surface area (Å²) in [6, 6.07) is 3.95. The van der Waals surface area contributed by atoms with Gasteiger partial charge in [0, 0.05) is 22.4 Å². The third kappa shape index (κ3) is 4.91. The average molecular weight is 304 g/mol. The van der Waals surface area contributed by atoms with Gasteiger partial charge in [0.05, 0.1) is 5.75 Å². The van der Waals surface area contributed by atoms with Gasteiger partial charge in [-0.2, -0.15) is 0 Å². The number of hydrogen-bond acceptors (Lipinski definition) is 2. The zero-order chi connectivity index (χ0) is 13.8. The fraction of sp³-hybridized carbons (Fsp3) is 0.462. The van der Waals surface area contributed by atoms with E-state index in [0.717, 1.165) is 12.8 Å². The molecule has 1 aliphatic carbocycles. The van der Waals surface area contributed by atoms with Crippen LogP contribution in [-0.4, -0.2) is 22.4 Å². The van der Waals surface area contributed by atoms with Crippen molar-refractivity contribution < 1.29 is 13.4 Å². The molecular weight excluding hydrogens is 289 g/mol. The minimum Gasteiger partial charge on any atom is -0.355 e. The van der Waals surface area contributed by atoms with Crippen molar-refractivity contribution in [3.63, 3.8) is 0 Å². The minimum absolute atomic E-state index is 0.0412. The molecule has 1 unspecified atom stereocenters. The zero-order valence-electron chi connectivity index (χ0n) is 10.3. The van der Waals surface area contributed by atoms with Crippen molar-refractivity contribution in [2.24, 2.45) is 5.92 Å². The second kappa shape index (κ2) is 6.48. The zero-order valence-corrected chi connectivity index (χ0v) is 11.9. The summed E-state index contributed by atoms with van der Waals surface area (Å²) in [6.45, 7) is 0.674. The number of halogens is 2. The van der Waals surface area contributed by atoms with Crippen LogP contribution in [0.4, 0.5) is 4.39 Å². The molecule has 1 fully saturated rings. The predicted octanol–water partition coefficient (Wildman–Crippen LogP) is 2.25. The number of benzene rings is 1. The first kappa shape index (κ1) is 14.5. The summed E-state index contributed by atoms with van der Waals surface area (Å²) in [5, 5.41) is 3.00. The molecule has 0 spiro atoms. The Labute approximate surface area is 119 Å². The summed E-state index contributed by atoms with van der Waals surface area (Å²) in [7, 11) is -1.33. The first-order valence-electron chi connectivity index (χ1n) is 6.10. The topological polar surface area (TPSA) is 46.2 Å². The average Bonchev–Trinajstić information content (AvgIpc) is 3.14. The molecule has 0 aliphatic heterocycles. The molecule has 104 valence electrons. The second-order valence-electron chi connectivity index (χ2n) is 4.71. The van der Waals surface area contributed by atoms with Crippen LogP contribution < -0.4 is 5.32 Å². The first-order valence-corrected chi connectivity index (χ1v) is 7.97. The van der Waals surface area contributed by atoms with E-state index in [1.807, 2.05) is 0 Å². The number of rotatable bonds is 6. The van der Waals surface area contributed by atoms with Gasteiger partial charge in [0.1, 0.15) is 11.6 Å². The molecule has 1 N–H and O–H groups in total. The number of hydrogen-bond donors (Lipinski definition) is 1. The van der Waals surface area contributed by atoms with E-state index in [4.69, 9.17) is 11.6 Å². The third-order valence-corrected chi connectivity index (χ3v) is 4.48. The van der Waals surface area contributed by atoms with Crippen LogP contribution in [0.25, 0.3) is 0 Å². The van der Waals surface area contributed by atoms with E-state index >= 15 is 0 Å². The molecule has 1 atom stereocenters. The Morgan fingerprint density at radius 1 is 1.47 bits per heavy atom. The Bertz CT molecular complexity index is 505. The quantitative estimate of drug-likeness (QED) is 0.876. The van der Waals surface area contributed by atoms with Crippen molar-refractivity contribution in [2.75, 3.05) is 12.3 Å². The second-order valence-corrected chi connectivity index (χ2v) is 6.58. The SMILES string of the molecule is O=C(CS(=O)Cc1ccc(F)cc1Cl)NCC1CC1. The Kier molecular flexibility index (Phi) is 4.93. The minimum atomic E-state index is -1.33. The molecule has 1 saturated carbocycles. The maximum atomic E-state index is 12.9. The van der Waals surface area contributed by atoms with Crippen LogP contribution >= 0.6 is 11.6 Å². The summed E-state index contributed by atoms with van der Waals surface area (Å²) in [5.74, 6) is 0.0882. The van der Waals surface area contributed by atoms with E-state index in [1.165, 1.54) is 18.2 Å². The molecule has 1 amide bonds. The molecule has 1 aromatic carbocycles. The molecule has 0 aromatic heterocycles. The Morgan fingerprint density at radius 3 is 2.84 bits per heavy atom. The van der Waals surface area contributed by atoms with Crippen molar-refractivity contribution in [1.29, 1.82) is 0 Å². The van der Waals surface area contributed by atoms with E-state index < -0.39 is 16.6 Å². The van der Waals surface area contributed by atoms with Crippen molar-refractivity contribution in [3.05, 3.63) is 34.6 Å². The van der Waals surface area contributed by atoms with Crippen LogP contribution in [0.1, 0.15) is 18.4 Å². The summed E-state index contributed by atoms with van der Waals surface area (Å²) in [4.78, 5) is 11.5. The lowest BCUT2D eigenvalue weighted by Gasteiger charge is -2.06. The van der Waals surface area contributed by atoms with Crippen LogP contribution in [0.15, 0.2) is 18.2 Å². The standard InChI is InChI=1S/C13H15ClFNO2S/c14-12-5-11(15)4-3-10(12)7-19(18)8-13(17)16-6-9-1-2-9/h3-5,9H,1-2,6-8H2,(H,16,17). The van der Waals surface area contributed by atoms with Gasteiger partial charge in [-0.15, -0.1) is 0 Å². The maximum Gasteiger partial charge on any atom is 0.232 e. The van der Waals surface area contributed by atoms with Gasteiger partial charge >= 0.3 is 0 Å². The largest absolute Gasteiger partial charge is 0.355 e. The molecule has 19 heavy (non-hydrogen) atoms. The Balaban J connectivity index is 1.80. The van der Waals surface area contributed by atoms with Gasteiger partial charge < -0.3 is 5.32 Å². The van der Waals surface area contributed by atoms with Crippen molar-refractivity contribution in [3.8, 4) is 0 Å². The summed E-state index contributed by atoms with van der Waals surface area (Å²) in [5.41, 5.74) is 0.594. The van der Waals surface area contributed by atoms with E-state index in [1.54, 1.807) is 0 Å². The highest BCUT2D eigenvalue weighted by molar-refractivity contribution is 7.84. The molecule has 2 rings (SSSR count). The number of carbonyl (C=O) groups is 1. The van der Waals surface area contributed by atoms with Gasteiger partial charge in [-0.25, -0.2) is 4.39 Å². The van der Waals surface area contributed by atoms with Crippen molar-refractivity contribution in [1.82, 2.24) is 5.32 Å². The summed E-state index contributed by atoms with van der Waals surface area (Å²) in [6.07, 6.45) is 2.32. The number of amides is 1. The lowest BCUT2D eigenvalue weighted by molar-refractivity contribution is -0.118. The monoisotopic (exact) mass is 303 g/mol. The maximum absolute atomic E-state index is 12.9. The van der Waals surface area contributed by atoms with Crippen LogP contribution in [0, 0.1) is 11.7 Å². The highest BCUT2D eigenvalue weighted by Gasteiger charge is 2.22. The van der Waals surface area contributed by atoms with Crippen LogP contribution in [-0.2, 0) is 21.3 Å². The van der Waals surface area contributed by atoms with Gasteiger partial charge in [-0.1, -0.05) is 17.7 Å². The van der Waals surface area contributed by atoms with E-state index in [-0.39, 0.29) is 22.4 Å². The molecule has 1 aliphatic rings. The first-order chi connectivity index (χ1) is 9.04. The van der Waals surface area contributed by atoms with E-state index in [2.05, 4.69) is 5.32 Å². The van der Waals surface area contributed by atoms with Gasteiger partial charge in [0.15, 0.2) is 0 Å². The molecule has 0 bridgehead atoms. The highest BCUT2D eigenvalue weighted by atomic mass is 35.5. The van der Waals surface area contributed by atoms with Crippen LogP contribution in [0.3, 0.4) is 0 Å². The fourth-order valence-electron chi connectivity index (χ4n) is 1.64. The van der Waals surface area contributed by atoms with E-state index in [9.17, 15) is 13.4 Å². The van der Waals surface area contributed by atoms with Gasteiger partial charge in [-0.05, 0) is 36.5 Å². The predicted molar refractivity (Wildman–Crippen MR) is 73.9 cm³/mol. The van der Waals surface area contributed by atoms with Gasteiger partial charge in [-0.3, -0.25) is 9.00 Å². The molecule has 3 nitrogen and oxygen atoms in total. The Hall–Kier alpha value is -0.940. The van der Waals surface area contributed by atoms with Crippen LogP contribution in [0.2, 0.25) is 5.02 Å². The van der Waals surface area contributed by atoms with Crippen molar-refractivity contribution in [2.45, 2.75) is 18.6 Å². The Morgan fingerprint density at radius 2 is 2.21 bits per heavy atom. The molecular formula is C13H15ClFNO2S. The van der Waals surface area contributed by atoms with Crippen LogP contribution in [0.5, 0.6) is 0 Å². The number of carbonyl (C=O) groups excluding carboxylic acids is 1. The fourth-order valence-corrected chi connectivity index (χ4v) is 3.05. The summed E-state index contributed by atoms with van der Waals surface area (Å²) < 4.78 is 24.7. The molecule has 0 radical (unpaired) electrons. The molecule has 1 aromatic rings. The highest BCUT2D eigenvalue weighted by Crippen LogP contribution is 2.27. The normalized spacial score (nSPS) is 16.1. The van der Waals surface area contributed by atoms with Gasteiger partial charge in [0.25, 0.3) is 0 Å². The number of nitrogens with one attached hydrogen (secondary N) is 1. The molecule has 0 saturated heterocycles. The van der Waals surface area contributed by atoms with Gasteiger partial charge in [0.2, 0.25) is 5.91 Å². The lowest BCUT2D eigenvalue weighted by atomic mass is 10.2. The smallest absolute Gasteiger partial charge is 0.232 e. The lowest BCUT2D eigenvalue weighted by Crippen LogP contribution is -2.30. The third-order valence-electron chi connectivity index (χ3n) is 2.91. The molecule has 0 heterocycles. The molecule has 6 heteroatoms. The van der Waals surface area contributed by atoms with Crippen molar-refractivity contribution >= 4 is 28.3 Å².